The van der Waals surface area contributed by atoms with Crippen LogP contribution in [0.15, 0.2) is 59.9 Å². The van der Waals surface area contributed by atoms with Gasteiger partial charge in [-0.3, -0.25) is 14.8 Å². The van der Waals surface area contributed by atoms with Gasteiger partial charge >= 0.3 is 0 Å². The fourth-order valence-electron chi connectivity index (χ4n) is 2.53. The van der Waals surface area contributed by atoms with E-state index in [0.29, 0.717) is 36.2 Å². The molecule has 0 spiro atoms. The van der Waals surface area contributed by atoms with E-state index in [4.69, 9.17) is 9.88 Å². The van der Waals surface area contributed by atoms with Crippen LogP contribution in [0, 0.1) is 0 Å². The first-order chi connectivity index (χ1) is 14.7. The van der Waals surface area contributed by atoms with Crippen molar-refractivity contribution in [2.75, 3.05) is 25.5 Å². The maximum Gasteiger partial charge on any atom is 0.239 e. The molecule has 10 nitrogen and oxygen atoms in total. The normalized spacial score (nSPS) is 11.1. The van der Waals surface area contributed by atoms with Gasteiger partial charge < -0.3 is 15.0 Å². The largest absolute Gasteiger partial charge is 0.437 e. The SMILES string of the molecule is CC(=O)N(C)CCNc1cncc(Oc2ccc(-c3ccc(S(N)(=O)=O)cn3)cc2)n1. The van der Waals surface area contributed by atoms with Crippen LogP contribution in [0.25, 0.3) is 11.3 Å². The molecule has 2 aromatic heterocycles. The minimum atomic E-state index is -3.78. The first kappa shape index (κ1) is 22.1. The molecule has 0 saturated carbocycles. The van der Waals surface area contributed by atoms with Crippen molar-refractivity contribution in [2.24, 2.45) is 5.14 Å². The number of primary sulfonamides is 1. The standard InChI is InChI=1S/C20H22N6O4S/c1-14(27)26(2)10-9-23-19-12-22-13-20(25-19)30-16-5-3-15(4-6-16)18-8-7-17(11-24-18)31(21,28)29/h3-8,11-13H,9-10H2,1-2H3,(H,23,25)(H2,21,28,29). The van der Waals surface area contributed by atoms with E-state index in [0.717, 1.165) is 5.56 Å². The molecule has 1 amide bonds. The van der Waals surface area contributed by atoms with Crippen molar-refractivity contribution >= 4 is 21.7 Å². The summed E-state index contributed by atoms with van der Waals surface area (Å²) in [5.41, 5.74) is 1.38. The maximum absolute atomic E-state index is 11.3. The highest BCUT2D eigenvalue weighted by Crippen LogP contribution is 2.24. The molecule has 3 rings (SSSR count). The highest BCUT2D eigenvalue weighted by Gasteiger charge is 2.09. The number of nitrogens with two attached hydrogens (primary N) is 1. The fraction of sp³-hybridized carbons (Fsp3) is 0.200. The van der Waals surface area contributed by atoms with Gasteiger partial charge in [0, 0.05) is 38.8 Å². The molecule has 31 heavy (non-hydrogen) atoms. The van der Waals surface area contributed by atoms with E-state index in [1.807, 2.05) is 0 Å². The van der Waals surface area contributed by atoms with Crippen LogP contribution in [0.3, 0.4) is 0 Å². The summed E-state index contributed by atoms with van der Waals surface area (Å²) in [6, 6.07) is 10.1. The summed E-state index contributed by atoms with van der Waals surface area (Å²) in [5, 5.41) is 8.18. The van der Waals surface area contributed by atoms with Crippen molar-refractivity contribution in [2.45, 2.75) is 11.8 Å². The first-order valence-corrected chi connectivity index (χ1v) is 10.8. The second kappa shape index (κ2) is 9.49. The van der Waals surface area contributed by atoms with E-state index in [2.05, 4.69) is 20.3 Å². The van der Waals surface area contributed by atoms with Gasteiger partial charge in [0.2, 0.25) is 21.8 Å². The number of sulfonamides is 1. The number of carbonyl (C=O) groups excluding carboxylic acids is 1. The zero-order valence-electron chi connectivity index (χ0n) is 17.0. The quantitative estimate of drug-likeness (QED) is 0.539. The molecule has 3 aromatic rings. The predicted octanol–water partition coefficient (Wildman–Crippen LogP) is 1.87. The third-order valence-corrected chi connectivity index (χ3v) is 5.24. The van der Waals surface area contributed by atoms with Crippen molar-refractivity contribution in [3.63, 3.8) is 0 Å². The number of benzene rings is 1. The molecule has 2 heterocycles. The first-order valence-electron chi connectivity index (χ1n) is 9.27. The molecule has 0 aliphatic heterocycles. The van der Waals surface area contributed by atoms with Crippen LogP contribution in [0.4, 0.5) is 5.82 Å². The highest BCUT2D eigenvalue weighted by atomic mass is 32.2. The number of carbonyl (C=O) groups is 1. The Morgan fingerprint density at radius 3 is 2.48 bits per heavy atom. The molecular weight excluding hydrogens is 420 g/mol. The average molecular weight is 443 g/mol. The minimum Gasteiger partial charge on any atom is -0.437 e. The summed E-state index contributed by atoms with van der Waals surface area (Å²) in [4.78, 5) is 25.4. The maximum atomic E-state index is 11.3. The number of nitrogens with zero attached hydrogens (tertiary/aromatic N) is 4. The summed E-state index contributed by atoms with van der Waals surface area (Å²) in [7, 11) is -2.05. The second-order valence-electron chi connectivity index (χ2n) is 6.66. The lowest BCUT2D eigenvalue weighted by molar-refractivity contribution is -0.127. The molecular formula is C20H22N6O4S. The van der Waals surface area contributed by atoms with E-state index in [1.54, 1.807) is 48.5 Å². The molecule has 0 aliphatic carbocycles. The van der Waals surface area contributed by atoms with E-state index in [1.165, 1.54) is 25.4 Å². The number of nitrogens with one attached hydrogen (secondary N) is 1. The Hall–Kier alpha value is -3.57. The zero-order chi connectivity index (χ0) is 22.4. The van der Waals surface area contributed by atoms with E-state index in [-0.39, 0.29) is 10.8 Å². The molecule has 162 valence electrons. The van der Waals surface area contributed by atoms with Gasteiger partial charge in [0.05, 0.1) is 18.1 Å². The van der Waals surface area contributed by atoms with Crippen molar-refractivity contribution in [1.82, 2.24) is 19.9 Å². The molecule has 0 bridgehead atoms. The van der Waals surface area contributed by atoms with Crippen LogP contribution in [-0.2, 0) is 14.8 Å². The van der Waals surface area contributed by atoms with Gasteiger partial charge in [-0.2, -0.15) is 4.98 Å². The average Bonchev–Trinajstić information content (AvgIpc) is 2.74. The number of hydrogen-bond donors (Lipinski definition) is 2. The molecule has 0 unspecified atom stereocenters. The third kappa shape index (κ3) is 6.20. The van der Waals surface area contributed by atoms with Crippen LogP contribution < -0.4 is 15.2 Å². The van der Waals surface area contributed by atoms with Crippen LogP contribution in [0.1, 0.15) is 6.92 Å². The van der Waals surface area contributed by atoms with Crippen LogP contribution in [0.2, 0.25) is 0 Å². The summed E-state index contributed by atoms with van der Waals surface area (Å²) < 4.78 is 28.4. The Bertz CT molecular complexity index is 1150. The van der Waals surface area contributed by atoms with E-state index < -0.39 is 10.0 Å². The Kier molecular flexibility index (Phi) is 6.78. The van der Waals surface area contributed by atoms with Gasteiger partial charge in [-0.05, 0) is 36.4 Å². The predicted molar refractivity (Wildman–Crippen MR) is 115 cm³/mol. The van der Waals surface area contributed by atoms with Crippen molar-refractivity contribution in [3.8, 4) is 22.9 Å². The third-order valence-electron chi connectivity index (χ3n) is 4.34. The molecule has 0 fully saturated rings. The van der Waals surface area contributed by atoms with Crippen LogP contribution in [0.5, 0.6) is 11.6 Å². The lowest BCUT2D eigenvalue weighted by atomic mass is 10.1. The van der Waals surface area contributed by atoms with Gasteiger partial charge in [0.15, 0.2) is 0 Å². The number of amides is 1. The minimum absolute atomic E-state index is 0.0102. The smallest absolute Gasteiger partial charge is 0.239 e. The number of aromatic nitrogens is 3. The number of hydrogen-bond acceptors (Lipinski definition) is 8. The Morgan fingerprint density at radius 2 is 1.87 bits per heavy atom. The topological polar surface area (TPSA) is 140 Å². The van der Waals surface area contributed by atoms with E-state index >= 15 is 0 Å². The molecule has 1 aromatic carbocycles. The molecule has 0 radical (unpaired) electrons. The van der Waals surface area contributed by atoms with Crippen LogP contribution >= 0.6 is 0 Å². The number of rotatable bonds is 8. The lowest BCUT2D eigenvalue weighted by Crippen LogP contribution is -2.29. The number of likely N-dealkylation sites (N-methyl/N-ethyl adjacent to an activating group) is 1. The van der Waals surface area contributed by atoms with Crippen molar-refractivity contribution in [3.05, 3.63) is 55.0 Å². The van der Waals surface area contributed by atoms with E-state index in [9.17, 15) is 13.2 Å². The van der Waals surface area contributed by atoms with Gasteiger partial charge in [0.1, 0.15) is 16.5 Å². The summed E-state index contributed by atoms with van der Waals surface area (Å²) in [6.45, 7) is 2.57. The van der Waals surface area contributed by atoms with Gasteiger partial charge in [-0.25, -0.2) is 13.6 Å². The fourth-order valence-corrected chi connectivity index (χ4v) is 2.98. The second-order valence-corrected chi connectivity index (χ2v) is 8.22. The molecule has 3 N–H and O–H groups in total. The Labute approximate surface area is 180 Å². The molecule has 11 heteroatoms. The summed E-state index contributed by atoms with van der Waals surface area (Å²) in [5.74, 6) is 1.38. The van der Waals surface area contributed by atoms with Crippen molar-refractivity contribution in [1.29, 1.82) is 0 Å². The molecule has 0 saturated heterocycles. The zero-order valence-corrected chi connectivity index (χ0v) is 17.8. The molecule has 0 atom stereocenters. The van der Waals surface area contributed by atoms with Gasteiger partial charge in [0.25, 0.3) is 0 Å². The van der Waals surface area contributed by atoms with Gasteiger partial charge in [-0.15, -0.1) is 0 Å². The number of pyridine rings is 1. The summed E-state index contributed by atoms with van der Waals surface area (Å²) >= 11 is 0. The van der Waals surface area contributed by atoms with Gasteiger partial charge in [-0.1, -0.05) is 0 Å². The van der Waals surface area contributed by atoms with Crippen molar-refractivity contribution < 1.29 is 17.9 Å². The summed E-state index contributed by atoms with van der Waals surface area (Å²) in [6.07, 6.45) is 4.28. The number of ether oxygens (including phenoxy) is 1. The Morgan fingerprint density at radius 1 is 1.13 bits per heavy atom. The van der Waals surface area contributed by atoms with Crippen LogP contribution in [-0.4, -0.2) is 54.3 Å². The highest BCUT2D eigenvalue weighted by molar-refractivity contribution is 7.89. The monoisotopic (exact) mass is 442 g/mol. The number of anilines is 1. The lowest BCUT2D eigenvalue weighted by Gasteiger charge is -2.15. The molecule has 0 aliphatic rings. The Balaban J connectivity index is 1.63.